The lowest BCUT2D eigenvalue weighted by Crippen LogP contribution is -2.35. The molecule has 2 amide bonds. The molecule has 0 saturated carbocycles. The summed E-state index contributed by atoms with van der Waals surface area (Å²) in [6.45, 7) is 0. The number of halogens is 1. The fourth-order valence-corrected chi connectivity index (χ4v) is 3.07. The first kappa shape index (κ1) is 18.5. The summed E-state index contributed by atoms with van der Waals surface area (Å²) in [6, 6.07) is 16.0. The molecule has 0 spiro atoms. The third-order valence-corrected chi connectivity index (χ3v) is 4.50. The second-order valence-electron chi connectivity index (χ2n) is 6.21. The molecule has 2 N–H and O–H groups in total. The van der Waals surface area contributed by atoms with Crippen LogP contribution in [0.3, 0.4) is 0 Å². The molecule has 1 aliphatic heterocycles. The van der Waals surface area contributed by atoms with Crippen LogP contribution in [0.15, 0.2) is 70.7 Å². The van der Waals surface area contributed by atoms with Crippen molar-refractivity contribution in [1.29, 1.82) is 0 Å². The van der Waals surface area contributed by atoms with Crippen molar-refractivity contribution in [3.05, 3.63) is 82.6 Å². The minimum Gasteiger partial charge on any atom is -0.478 e. The molecule has 1 saturated heterocycles. The predicted molar refractivity (Wildman–Crippen MR) is 106 cm³/mol. The van der Waals surface area contributed by atoms with Gasteiger partial charge in [-0.3, -0.25) is 15.0 Å². The van der Waals surface area contributed by atoms with E-state index in [-0.39, 0.29) is 16.9 Å². The SMILES string of the molecule is O=C1NN(c2cccc(Cl)c2)C(=O)/C1=C/c1ccc(-c2cccc(C(=O)O)c2)o1. The van der Waals surface area contributed by atoms with E-state index in [0.717, 1.165) is 5.01 Å². The fourth-order valence-electron chi connectivity index (χ4n) is 2.89. The Labute approximate surface area is 169 Å². The second-order valence-corrected chi connectivity index (χ2v) is 6.64. The van der Waals surface area contributed by atoms with Crippen LogP contribution in [0.2, 0.25) is 5.02 Å². The molecular formula is C21H13ClN2O5. The van der Waals surface area contributed by atoms with Crippen LogP contribution in [-0.4, -0.2) is 22.9 Å². The third-order valence-electron chi connectivity index (χ3n) is 4.27. The number of hydrazine groups is 1. The van der Waals surface area contributed by atoms with Gasteiger partial charge in [0.25, 0.3) is 11.8 Å². The zero-order valence-electron chi connectivity index (χ0n) is 14.8. The Morgan fingerprint density at radius 3 is 2.62 bits per heavy atom. The quantitative estimate of drug-likeness (QED) is 0.505. The van der Waals surface area contributed by atoms with Crippen LogP contribution < -0.4 is 10.4 Å². The first-order valence-corrected chi connectivity index (χ1v) is 8.86. The van der Waals surface area contributed by atoms with Crippen LogP contribution in [-0.2, 0) is 9.59 Å². The molecule has 1 aromatic heterocycles. The predicted octanol–water partition coefficient (Wildman–Crippen LogP) is 3.76. The van der Waals surface area contributed by atoms with Crippen molar-refractivity contribution >= 4 is 41.1 Å². The zero-order chi connectivity index (χ0) is 20.5. The molecule has 0 unspecified atom stereocenters. The van der Waals surface area contributed by atoms with Gasteiger partial charge >= 0.3 is 5.97 Å². The number of anilines is 1. The highest BCUT2D eigenvalue weighted by Crippen LogP contribution is 2.27. The van der Waals surface area contributed by atoms with Gasteiger partial charge in [0.15, 0.2) is 0 Å². The topological polar surface area (TPSA) is 99.9 Å². The first-order valence-electron chi connectivity index (χ1n) is 8.48. The number of hydrogen-bond donors (Lipinski definition) is 2. The molecule has 0 aliphatic carbocycles. The Morgan fingerprint density at radius 1 is 1.07 bits per heavy atom. The monoisotopic (exact) mass is 408 g/mol. The summed E-state index contributed by atoms with van der Waals surface area (Å²) in [6.07, 6.45) is 1.34. The van der Waals surface area contributed by atoms with E-state index in [0.29, 0.717) is 22.0 Å². The minimum absolute atomic E-state index is 0.0924. The number of nitrogens with one attached hydrogen (secondary N) is 1. The highest BCUT2D eigenvalue weighted by molar-refractivity contribution is 6.33. The molecule has 1 fully saturated rings. The molecule has 0 atom stereocenters. The Balaban J connectivity index is 1.62. The van der Waals surface area contributed by atoms with E-state index in [4.69, 9.17) is 21.1 Å². The number of carbonyl (C=O) groups is 3. The molecule has 2 aromatic carbocycles. The van der Waals surface area contributed by atoms with Gasteiger partial charge in [-0.1, -0.05) is 29.8 Å². The van der Waals surface area contributed by atoms with Crippen LogP contribution in [0.25, 0.3) is 17.4 Å². The number of nitrogens with zero attached hydrogens (tertiary/aromatic N) is 1. The van der Waals surface area contributed by atoms with Gasteiger partial charge in [-0.2, -0.15) is 0 Å². The number of benzene rings is 2. The number of carbonyl (C=O) groups excluding carboxylic acids is 2. The summed E-state index contributed by atoms with van der Waals surface area (Å²) in [5.41, 5.74) is 3.52. The number of carboxylic acid groups (broad SMARTS) is 1. The molecule has 1 aliphatic rings. The Hall–Kier alpha value is -3.84. The maximum Gasteiger partial charge on any atom is 0.335 e. The molecule has 144 valence electrons. The van der Waals surface area contributed by atoms with Gasteiger partial charge in [-0.05, 0) is 48.5 Å². The molecule has 8 heteroatoms. The van der Waals surface area contributed by atoms with E-state index in [2.05, 4.69) is 5.43 Å². The molecule has 0 bridgehead atoms. The highest BCUT2D eigenvalue weighted by Gasteiger charge is 2.34. The van der Waals surface area contributed by atoms with E-state index in [1.165, 1.54) is 18.2 Å². The normalized spacial score (nSPS) is 15.1. The number of aromatic carboxylic acids is 1. The lowest BCUT2D eigenvalue weighted by Gasteiger charge is -2.14. The van der Waals surface area contributed by atoms with Gasteiger partial charge in [0.1, 0.15) is 17.1 Å². The molecule has 2 heterocycles. The van der Waals surface area contributed by atoms with Crippen LogP contribution in [0.1, 0.15) is 16.1 Å². The summed E-state index contributed by atoms with van der Waals surface area (Å²) in [4.78, 5) is 36.1. The lowest BCUT2D eigenvalue weighted by molar-refractivity contribution is -0.117. The summed E-state index contributed by atoms with van der Waals surface area (Å²) in [7, 11) is 0. The van der Waals surface area contributed by atoms with Gasteiger partial charge in [0.2, 0.25) is 0 Å². The van der Waals surface area contributed by atoms with Crippen molar-refractivity contribution in [3.8, 4) is 11.3 Å². The molecule has 29 heavy (non-hydrogen) atoms. The van der Waals surface area contributed by atoms with E-state index in [9.17, 15) is 14.4 Å². The number of furan rings is 1. The van der Waals surface area contributed by atoms with Crippen molar-refractivity contribution in [2.45, 2.75) is 0 Å². The number of rotatable bonds is 4. The standard InChI is InChI=1S/C21H13ClN2O5/c22-14-5-2-6-15(10-14)24-20(26)17(19(25)23-24)11-16-7-8-18(29-16)12-3-1-4-13(9-12)21(27)28/h1-11H,(H,23,25)(H,27,28)/b17-11+. The minimum atomic E-state index is -1.05. The Morgan fingerprint density at radius 2 is 1.86 bits per heavy atom. The van der Waals surface area contributed by atoms with E-state index in [1.54, 1.807) is 48.5 Å². The zero-order valence-corrected chi connectivity index (χ0v) is 15.5. The van der Waals surface area contributed by atoms with Crippen molar-refractivity contribution in [3.63, 3.8) is 0 Å². The molecule has 3 aromatic rings. The molecule has 0 radical (unpaired) electrons. The molecular weight excluding hydrogens is 396 g/mol. The largest absolute Gasteiger partial charge is 0.478 e. The van der Waals surface area contributed by atoms with Gasteiger partial charge < -0.3 is 9.52 Å². The van der Waals surface area contributed by atoms with Crippen LogP contribution in [0.5, 0.6) is 0 Å². The summed E-state index contributed by atoms with van der Waals surface area (Å²) >= 11 is 5.95. The van der Waals surface area contributed by atoms with Crippen molar-refractivity contribution in [2.24, 2.45) is 0 Å². The first-order chi connectivity index (χ1) is 13.9. The second kappa shape index (κ2) is 7.29. The number of hydrogen-bond acceptors (Lipinski definition) is 4. The summed E-state index contributed by atoms with van der Waals surface area (Å²) in [5, 5.41) is 10.7. The average molecular weight is 409 g/mol. The summed E-state index contributed by atoms with van der Waals surface area (Å²) < 4.78 is 5.68. The maximum absolute atomic E-state index is 12.7. The van der Waals surface area contributed by atoms with Crippen molar-refractivity contribution in [2.75, 3.05) is 5.01 Å². The van der Waals surface area contributed by atoms with E-state index < -0.39 is 17.8 Å². The van der Waals surface area contributed by atoms with Crippen LogP contribution in [0, 0.1) is 0 Å². The van der Waals surface area contributed by atoms with Crippen molar-refractivity contribution < 1.29 is 23.9 Å². The maximum atomic E-state index is 12.7. The van der Waals surface area contributed by atoms with E-state index >= 15 is 0 Å². The van der Waals surface area contributed by atoms with Gasteiger partial charge in [-0.15, -0.1) is 0 Å². The highest BCUT2D eigenvalue weighted by atomic mass is 35.5. The third kappa shape index (κ3) is 3.63. The molecule has 4 rings (SSSR count). The average Bonchev–Trinajstić information content (AvgIpc) is 3.28. The molecule has 7 nitrogen and oxygen atoms in total. The van der Waals surface area contributed by atoms with Crippen LogP contribution in [0.4, 0.5) is 5.69 Å². The fraction of sp³-hybridized carbons (Fsp3) is 0. The number of carboxylic acids is 1. The van der Waals surface area contributed by atoms with Crippen molar-refractivity contribution in [1.82, 2.24) is 5.43 Å². The lowest BCUT2D eigenvalue weighted by atomic mass is 10.1. The van der Waals surface area contributed by atoms with Gasteiger partial charge in [0, 0.05) is 10.6 Å². The van der Waals surface area contributed by atoms with Gasteiger partial charge in [0.05, 0.1) is 11.3 Å². The van der Waals surface area contributed by atoms with E-state index in [1.807, 2.05) is 0 Å². The number of amides is 2. The Kier molecular flexibility index (Phi) is 4.66. The summed E-state index contributed by atoms with van der Waals surface area (Å²) in [5.74, 6) is -1.45. The Bertz CT molecular complexity index is 1180. The smallest absolute Gasteiger partial charge is 0.335 e. The van der Waals surface area contributed by atoms with Gasteiger partial charge in [-0.25, -0.2) is 9.80 Å². The van der Waals surface area contributed by atoms with Crippen LogP contribution >= 0.6 is 11.6 Å².